The van der Waals surface area contributed by atoms with Crippen LogP contribution in [0.15, 0.2) is 0 Å². The Morgan fingerprint density at radius 2 is 0.483 bits per heavy atom. The van der Waals surface area contributed by atoms with Gasteiger partial charge in [0.2, 0.25) is 0 Å². The zero-order chi connectivity index (χ0) is 43.5. The van der Waals surface area contributed by atoms with Crippen LogP contribution in [0.2, 0.25) is 0 Å². The summed E-state index contributed by atoms with van der Waals surface area (Å²) in [5.41, 5.74) is 0. The molecule has 0 saturated heterocycles. The Balaban J connectivity index is 4.17. The van der Waals surface area contributed by atoms with Crippen molar-refractivity contribution in [1.29, 1.82) is 0 Å². The summed E-state index contributed by atoms with van der Waals surface area (Å²) >= 11 is 0. The molecule has 0 unspecified atom stereocenters. The number of carbonyl (C=O) groups is 2. The van der Waals surface area contributed by atoms with E-state index >= 15 is 0 Å². The van der Waals surface area contributed by atoms with Crippen LogP contribution in [0.1, 0.15) is 316 Å². The zero-order valence-electron chi connectivity index (χ0n) is 41.3. The number of unbranched alkanes of at least 4 members (excludes halogenated alkanes) is 41. The Morgan fingerprint density at radius 1 is 0.283 bits per heavy atom. The molecule has 5 heteroatoms. The lowest BCUT2D eigenvalue weighted by Gasteiger charge is -2.18. The Bertz CT molecular complexity index is 780. The molecule has 0 atom stereocenters. The van der Waals surface area contributed by atoms with Gasteiger partial charge in [0.05, 0.1) is 0 Å². The minimum atomic E-state index is -0.387. The van der Waals surface area contributed by atoms with Gasteiger partial charge >= 0.3 is 11.9 Å². The van der Waals surface area contributed by atoms with Gasteiger partial charge in [0.25, 0.3) is 0 Å². The van der Waals surface area contributed by atoms with E-state index in [1.165, 1.54) is 244 Å². The van der Waals surface area contributed by atoms with Gasteiger partial charge in [-0.25, -0.2) is 0 Å². The van der Waals surface area contributed by atoms with Crippen LogP contribution >= 0.6 is 0 Å². The molecule has 0 N–H and O–H groups in total. The molecule has 0 amide bonds. The standard InChI is InChI=1S/C55H108O5/c1-4-7-10-13-16-19-22-25-28-30-33-36-39-42-45-48-54(56)59-51-53(58-50-47-44-41-38-35-32-27-24-21-18-15-12-9-6-3)52-60-55(57)49-46-43-40-37-34-31-29-26-23-20-17-14-11-8-5-2/h53H,4-52H2,1-3H3. The third-order valence-electron chi connectivity index (χ3n) is 12.7. The van der Waals surface area contributed by atoms with Crippen molar-refractivity contribution in [2.75, 3.05) is 19.8 Å². The molecule has 0 aromatic rings. The van der Waals surface area contributed by atoms with Crippen LogP contribution in [0.5, 0.6) is 0 Å². The topological polar surface area (TPSA) is 61.8 Å². The molecular formula is C55H108O5. The minimum absolute atomic E-state index is 0.154. The number of ether oxygens (including phenoxy) is 3. The maximum absolute atomic E-state index is 12.6. The third-order valence-corrected chi connectivity index (χ3v) is 12.7. The molecule has 0 aromatic heterocycles. The van der Waals surface area contributed by atoms with Crippen LogP contribution in [0, 0.1) is 0 Å². The first-order valence-electron chi connectivity index (χ1n) is 27.6. The average Bonchev–Trinajstić information content (AvgIpc) is 3.25. The number of carbonyl (C=O) groups excluding carboxylic acids is 2. The summed E-state index contributed by atoms with van der Waals surface area (Å²) in [6.45, 7) is 7.81. The molecule has 0 aliphatic carbocycles. The fourth-order valence-electron chi connectivity index (χ4n) is 8.49. The summed E-state index contributed by atoms with van der Waals surface area (Å²) in [6, 6.07) is 0. The van der Waals surface area contributed by atoms with Crippen molar-refractivity contribution in [3.8, 4) is 0 Å². The molecular weight excluding hydrogens is 741 g/mol. The first-order valence-corrected chi connectivity index (χ1v) is 27.6. The Labute approximate surface area is 376 Å². The van der Waals surface area contributed by atoms with Crippen molar-refractivity contribution >= 4 is 11.9 Å². The zero-order valence-corrected chi connectivity index (χ0v) is 41.3. The molecule has 0 radical (unpaired) electrons. The molecule has 0 bridgehead atoms. The largest absolute Gasteiger partial charge is 0.463 e. The van der Waals surface area contributed by atoms with Gasteiger partial charge < -0.3 is 14.2 Å². The molecule has 0 saturated carbocycles. The van der Waals surface area contributed by atoms with Crippen molar-refractivity contribution in [1.82, 2.24) is 0 Å². The van der Waals surface area contributed by atoms with Gasteiger partial charge in [0.1, 0.15) is 19.3 Å². The quantitative estimate of drug-likeness (QED) is 0.0451. The molecule has 0 heterocycles. The SMILES string of the molecule is CCCCCCCCCCCCCCCCCC(=O)OCC(COC(=O)CCCCCCCCCCCCCCCCC)OCCCCCCCCCCCCCCCC. The summed E-state index contributed by atoms with van der Waals surface area (Å²) in [7, 11) is 0. The van der Waals surface area contributed by atoms with Gasteiger partial charge in [0, 0.05) is 19.4 Å². The van der Waals surface area contributed by atoms with Crippen LogP contribution in [0.25, 0.3) is 0 Å². The summed E-state index contributed by atoms with van der Waals surface area (Å²) < 4.78 is 17.5. The van der Waals surface area contributed by atoms with Crippen molar-refractivity contribution in [2.45, 2.75) is 322 Å². The highest BCUT2D eigenvalue weighted by molar-refractivity contribution is 5.69. The summed E-state index contributed by atoms with van der Waals surface area (Å²) in [4.78, 5) is 25.2. The van der Waals surface area contributed by atoms with Crippen LogP contribution in [0.3, 0.4) is 0 Å². The second kappa shape index (κ2) is 52.2. The van der Waals surface area contributed by atoms with Crippen LogP contribution in [-0.4, -0.2) is 37.9 Å². The fraction of sp³-hybridized carbons (Fsp3) is 0.964. The lowest BCUT2D eigenvalue weighted by Crippen LogP contribution is -2.29. The number of hydrogen-bond donors (Lipinski definition) is 0. The lowest BCUT2D eigenvalue weighted by atomic mass is 10.0. The molecule has 5 nitrogen and oxygen atoms in total. The van der Waals surface area contributed by atoms with Crippen molar-refractivity contribution in [3.63, 3.8) is 0 Å². The Hall–Kier alpha value is -1.10. The molecule has 0 fully saturated rings. The van der Waals surface area contributed by atoms with Crippen LogP contribution in [-0.2, 0) is 23.8 Å². The van der Waals surface area contributed by atoms with E-state index in [4.69, 9.17) is 14.2 Å². The highest BCUT2D eigenvalue weighted by atomic mass is 16.6. The van der Waals surface area contributed by atoms with E-state index in [-0.39, 0.29) is 31.3 Å². The predicted octanol–water partition coefficient (Wildman–Crippen LogP) is 18.5. The maximum Gasteiger partial charge on any atom is 0.305 e. The smallest absolute Gasteiger partial charge is 0.305 e. The second-order valence-corrected chi connectivity index (χ2v) is 18.9. The van der Waals surface area contributed by atoms with E-state index in [1.807, 2.05) is 0 Å². The van der Waals surface area contributed by atoms with E-state index in [1.54, 1.807) is 0 Å². The van der Waals surface area contributed by atoms with E-state index in [2.05, 4.69) is 20.8 Å². The summed E-state index contributed by atoms with van der Waals surface area (Å²) in [6.07, 6.45) is 58.4. The van der Waals surface area contributed by atoms with Gasteiger partial charge in [-0.05, 0) is 19.3 Å². The van der Waals surface area contributed by atoms with Gasteiger partial charge in [-0.15, -0.1) is 0 Å². The first kappa shape index (κ1) is 58.9. The highest BCUT2D eigenvalue weighted by Gasteiger charge is 2.16. The van der Waals surface area contributed by atoms with Gasteiger partial charge in [-0.1, -0.05) is 284 Å². The molecule has 358 valence electrons. The predicted molar refractivity (Wildman–Crippen MR) is 261 cm³/mol. The fourth-order valence-corrected chi connectivity index (χ4v) is 8.49. The monoisotopic (exact) mass is 849 g/mol. The third kappa shape index (κ3) is 49.6. The molecule has 60 heavy (non-hydrogen) atoms. The molecule has 0 spiro atoms. The first-order chi connectivity index (χ1) is 29.6. The van der Waals surface area contributed by atoms with Crippen molar-refractivity contribution in [3.05, 3.63) is 0 Å². The van der Waals surface area contributed by atoms with Crippen LogP contribution in [0.4, 0.5) is 0 Å². The Kier molecular flexibility index (Phi) is 51.3. The molecule has 0 aliphatic rings. The van der Waals surface area contributed by atoms with E-state index in [0.717, 1.165) is 38.5 Å². The summed E-state index contributed by atoms with van der Waals surface area (Å²) in [5.74, 6) is -0.308. The number of hydrogen-bond acceptors (Lipinski definition) is 5. The highest BCUT2D eigenvalue weighted by Crippen LogP contribution is 2.17. The molecule has 0 aromatic carbocycles. The van der Waals surface area contributed by atoms with E-state index in [0.29, 0.717) is 19.4 Å². The van der Waals surface area contributed by atoms with E-state index < -0.39 is 0 Å². The van der Waals surface area contributed by atoms with Gasteiger partial charge in [-0.2, -0.15) is 0 Å². The summed E-state index contributed by atoms with van der Waals surface area (Å²) in [5, 5.41) is 0. The van der Waals surface area contributed by atoms with Crippen LogP contribution < -0.4 is 0 Å². The van der Waals surface area contributed by atoms with Gasteiger partial charge in [-0.3, -0.25) is 9.59 Å². The number of esters is 2. The Morgan fingerprint density at radius 3 is 0.717 bits per heavy atom. The second-order valence-electron chi connectivity index (χ2n) is 18.9. The van der Waals surface area contributed by atoms with Crippen molar-refractivity contribution < 1.29 is 23.8 Å². The normalized spacial score (nSPS) is 11.5. The van der Waals surface area contributed by atoms with E-state index in [9.17, 15) is 9.59 Å². The lowest BCUT2D eigenvalue weighted by molar-refractivity contribution is -0.155. The van der Waals surface area contributed by atoms with Crippen molar-refractivity contribution in [2.24, 2.45) is 0 Å². The number of rotatable bonds is 52. The average molecular weight is 849 g/mol. The maximum atomic E-state index is 12.6. The minimum Gasteiger partial charge on any atom is -0.463 e. The molecule has 0 aliphatic heterocycles. The van der Waals surface area contributed by atoms with Gasteiger partial charge in [0.15, 0.2) is 0 Å². The molecule has 0 rings (SSSR count).